The molecular weight excluding hydrogens is 450 g/mol. The van der Waals surface area contributed by atoms with E-state index in [4.69, 9.17) is 9.15 Å². The molecule has 1 aliphatic heterocycles. The maximum Gasteiger partial charge on any atom is 0.289 e. The minimum atomic E-state index is -0.257. The van der Waals surface area contributed by atoms with Crippen LogP contribution in [0.25, 0.3) is 11.0 Å². The lowest BCUT2D eigenvalue weighted by Gasteiger charge is -2.30. The van der Waals surface area contributed by atoms with Crippen LogP contribution < -0.4 is 10.1 Å². The second-order valence-electron chi connectivity index (χ2n) is 8.39. The molecule has 1 fully saturated rings. The van der Waals surface area contributed by atoms with Gasteiger partial charge in [-0.15, -0.1) is 11.3 Å². The minimum Gasteiger partial charge on any atom is -0.495 e. The normalized spacial score (nSPS) is 14.4. The zero-order valence-electron chi connectivity index (χ0n) is 19.0. The number of hydrogen-bond donors (Lipinski definition) is 1. The second kappa shape index (κ2) is 9.30. The molecule has 34 heavy (non-hydrogen) atoms. The molecule has 174 valence electrons. The molecule has 4 aromatic rings. The van der Waals surface area contributed by atoms with Crippen LogP contribution in [0.15, 0.2) is 58.3 Å². The number of furan rings is 1. The Bertz CT molecular complexity index is 1320. The summed E-state index contributed by atoms with van der Waals surface area (Å²) >= 11 is 1.49. The number of aromatic nitrogens is 1. The first-order chi connectivity index (χ1) is 16.5. The highest BCUT2D eigenvalue weighted by atomic mass is 32.1. The number of para-hydroxylation sites is 2. The molecule has 1 saturated heterocycles. The number of hydrogen-bond acceptors (Lipinski definition) is 6. The van der Waals surface area contributed by atoms with Crippen molar-refractivity contribution < 1.29 is 18.7 Å². The maximum absolute atomic E-state index is 12.9. The van der Waals surface area contributed by atoms with Gasteiger partial charge in [-0.25, -0.2) is 4.98 Å². The zero-order chi connectivity index (χ0) is 23.7. The highest BCUT2D eigenvalue weighted by Gasteiger charge is 2.28. The number of rotatable bonds is 5. The van der Waals surface area contributed by atoms with Crippen LogP contribution in [0, 0.1) is 6.92 Å². The van der Waals surface area contributed by atoms with Gasteiger partial charge in [0.05, 0.1) is 17.8 Å². The fourth-order valence-corrected chi connectivity index (χ4v) is 5.27. The third-order valence-corrected chi connectivity index (χ3v) is 7.22. The topological polar surface area (TPSA) is 84.7 Å². The van der Waals surface area contributed by atoms with Crippen molar-refractivity contribution in [1.29, 1.82) is 0 Å². The van der Waals surface area contributed by atoms with Gasteiger partial charge in [0.25, 0.3) is 11.8 Å². The standard InChI is InChI=1S/C26H25N3O4S/c1-16-6-5-9-21(32-2)23(16)28-24(30)19-15-34-25(27-19)17-10-12-29(13-11-17)26(31)22-14-18-7-3-4-8-20(18)33-22/h3-9,14-15,17H,10-13H2,1-2H3,(H,28,30). The summed E-state index contributed by atoms with van der Waals surface area (Å²) in [4.78, 5) is 32.2. The number of nitrogens with zero attached hydrogens (tertiary/aromatic N) is 2. The van der Waals surface area contributed by atoms with Crippen LogP contribution in [0.2, 0.25) is 0 Å². The van der Waals surface area contributed by atoms with Crippen LogP contribution >= 0.6 is 11.3 Å². The average Bonchev–Trinajstić information content (AvgIpc) is 3.53. The number of benzene rings is 2. The molecule has 3 heterocycles. The smallest absolute Gasteiger partial charge is 0.289 e. The van der Waals surface area contributed by atoms with Crippen LogP contribution in [0.3, 0.4) is 0 Å². The Morgan fingerprint density at radius 2 is 1.94 bits per heavy atom. The van der Waals surface area contributed by atoms with Crippen LogP contribution in [-0.2, 0) is 0 Å². The fraction of sp³-hybridized carbons (Fsp3) is 0.269. The number of ether oxygens (including phenoxy) is 1. The molecule has 2 aromatic carbocycles. The lowest BCUT2D eigenvalue weighted by molar-refractivity contribution is 0.0683. The average molecular weight is 476 g/mol. The van der Waals surface area contributed by atoms with Crippen molar-refractivity contribution in [2.45, 2.75) is 25.7 Å². The van der Waals surface area contributed by atoms with Gasteiger partial charge in [0.2, 0.25) is 0 Å². The highest BCUT2D eigenvalue weighted by Crippen LogP contribution is 2.32. The van der Waals surface area contributed by atoms with Crippen LogP contribution in [0.5, 0.6) is 5.75 Å². The summed E-state index contributed by atoms with van der Waals surface area (Å²) in [6, 6.07) is 15.1. The lowest BCUT2D eigenvalue weighted by Crippen LogP contribution is -2.37. The first-order valence-corrected chi connectivity index (χ1v) is 12.1. The predicted molar refractivity (Wildman–Crippen MR) is 132 cm³/mol. The lowest BCUT2D eigenvalue weighted by atomic mass is 9.97. The van der Waals surface area contributed by atoms with Crippen molar-refractivity contribution in [1.82, 2.24) is 9.88 Å². The SMILES string of the molecule is COc1cccc(C)c1NC(=O)c1csc(C2CCN(C(=O)c3cc4ccccc4o3)CC2)n1. The Hall–Kier alpha value is -3.65. The molecule has 0 bridgehead atoms. The molecule has 0 atom stereocenters. The Morgan fingerprint density at radius 1 is 1.15 bits per heavy atom. The predicted octanol–water partition coefficient (Wildman–Crippen LogP) is 5.48. The van der Waals surface area contributed by atoms with Gasteiger partial charge < -0.3 is 19.4 Å². The fourth-order valence-electron chi connectivity index (χ4n) is 4.30. The quantitative estimate of drug-likeness (QED) is 0.413. The largest absolute Gasteiger partial charge is 0.495 e. The molecule has 7 nitrogen and oxygen atoms in total. The van der Waals surface area contributed by atoms with Gasteiger partial charge in [-0.05, 0) is 43.5 Å². The number of carbonyl (C=O) groups excluding carboxylic acids is 2. The molecule has 0 spiro atoms. The monoisotopic (exact) mass is 475 g/mol. The number of nitrogens with one attached hydrogen (secondary N) is 1. The molecule has 0 unspecified atom stereocenters. The van der Waals surface area contributed by atoms with Crippen molar-refractivity contribution in [2.24, 2.45) is 0 Å². The van der Waals surface area contributed by atoms with E-state index in [2.05, 4.69) is 10.3 Å². The number of thiazole rings is 1. The summed E-state index contributed by atoms with van der Waals surface area (Å²) in [6.45, 7) is 3.18. The van der Waals surface area contributed by atoms with Gasteiger partial charge >= 0.3 is 0 Å². The first kappa shape index (κ1) is 22.2. The molecule has 0 radical (unpaired) electrons. The van der Waals surface area contributed by atoms with Gasteiger partial charge in [-0.1, -0.05) is 30.3 Å². The van der Waals surface area contributed by atoms with Crippen molar-refractivity contribution in [3.05, 3.63) is 75.9 Å². The van der Waals surface area contributed by atoms with E-state index in [0.717, 1.165) is 34.4 Å². The van der Waals surface area contributed by atoms with E-state index in [-0.39, 0.29) is 17.7 Å². The third kappa shape index (κ3) is 4.28. The highest BCUT2D eigenvalue weighted by molar-refractivity contribution is 7.10. The molecular formula is C26H25N3O4S. The van der Waals surface area contributed by atoms with Crippen LogP contribution in [-0.4, -0.2) is 41.9 Å². The van der Waals surface area contributed by atoms with E-state index in [0.29, 0.717) is 36.0 Å². The van der Waals surface area contributed by atoms with Gasteiger partial charge in [0.1, 0.15) is 17.0 Å². The Morgan fingerprint density at radius 3 is 2.71 bits per heavy atom. The number of methoxy groups -OCH3 is 1. The summed E-state index contributed by atoms with van der Waals surface area (Å²) < 4.78 is 11.1. The van der Waals surface area contributed by atoms with Crippen LogP contribution in [0.1, 0.15) is 50.4 Å². The van der Waals surface area contributed by atoms with Gasteiger partial charge in [-0.3, -0.25) is 9.59 Å². The van der Waals surface area contributed by atoms with E-state index in [1.165, 1.54) is 11.3 Å². The van der Waals surface area contributed by atoms with Crippen molar-refractivity contribution >= 4 is 39.8 Å². The van der Waals surface area contributed by atoms with Gasteiger partial charge in [0.15, 0.2) is 5.76 Å². The Kier molecular flexibility index (Phi) is 6.06. The summed E-state index contributed by atoms with van der Waals surface area (Å²) in [5, 5.41) is 6.58. The number of amides is 2. The number of likely N-dealkylation sites (tertiary alicyclic amines) is 1. The zero-order valence-corrected chi connectivity index (χ0v) is 19.9. The van der Waals surface area contributed by atoms with E-state index < -0.39 is 0 Å². The van der Waals surface area contributed by atoms with E-state index in [1.807, 2.05) is 54.3 Å². The van der Waals surface area contributed by atoms with Crippen molar-refractivity contribution in [2.75, 3.05) is 25.5 Å². The molecule has 1 N–H and O–H groups in total. The molecule has 5 rings (SSSR count). The van der Waals surface area contributed by atoms with Gasteiger partial charge in [0, 0.05) is 29.8 Å². The molecule has 2 amide bonds. The summed E-state index contributed by atoms with van der Waals surface area (Å²) in [5.74, 6) is 0.873. The van der Waals surface area contributed by atoms with Gasteiger partial charge in [-0.2, -0.15) is 0 Å². The Balaban J connectivity index is 1.22. The number of aryl methyl sites for hydroxylation is 1. The number of piperidine rings is 1. The van der Waals surface area contributed by atoms with E-state index in [1.54, 1.807) is 18.6 Å². The molecule has 0 aliphatic carbocycles. The van der Waals surface area contributed by atoms with Crippen molar-refractivity contribution in [3.63, 3.8) is 0 Å². The summed E-state index contributed by atoms with van der Waals surface area (Å²) in [5.41, 5.74) is 2.69. The molecule has 8 heteroatoms. The minimum absolute atomic E-state index is 0.0824. The van der Waals surface area contributed by atoms with Crippen LogP contribution in [0.4, 0.5) is 5.69 Å². The second-order valence-corrected chi connectivity index (χ2v) is 9.28. The molecule has 2 aromatic heterocycles. The molecule has 0 saturated carbocycles. The van der Waals surface area contributed by atoms with E-state index in [9.17, 15) is 9.59 Å². The Labute approximate surface area is 201 Å². The maximum atomic E-state index is 12.9. The summed E-state index contributed by atoms with van der Waals surface area (Å²) in [6.07, 6.45) is 1.60. The third-order valence-electron chi connectivity index (χ3n) is 6.22. The number of fused-ring (bicyclic) bond motifs is 1. The van der Waals surface area contributed by atoms with Crippen molar-refractivity contribution in [3.8, 4) is 5.75 Å². The summed E-state index contributed by atoms with van der Waals surface area (Å²) in [7, 11) is 1.58. The first-order valence-electron chi connectivity index (χ1n) is 11.2. The number of carbonyl (C=O) groups is 2. The molecule has 1 aliphatic rings. The van der Waals surface area contributed by atoms with E-state index >= 15 is 0 Å². The number of anilines is 1.